The van der Waals surface area contributed by atoms with Crippen molar-refractivity contribution in [2.24, 2.45) is 0 Å². The maximum absolute atomic E-state index is 12.3. The van der Waals surface area contributed by atoms with Crippen molar-refractivity contribution in [3.05, 3.63) is 54.1 Å². The molecular weight excluding hydrogens is 290 g/mol. The second kappa shape index (κ2) is 7.15. The molecule has 1 fully saturated rings. The molecule has 2 aromatic carbocycles. The molecule has 0 atom stereocenters. The second-order valence-electron chi connectivity index (χ2n) is 5.51. The van der Waals surface area contributed by atoms with Gasteiger partial charge in [-0.3, -0.25) is 0 Å². The maximum atomic E-state index is 12.3. The third-order valence-electron chi connectivity index (χ3n) is 3.90. The number of benzene rings is 2. The maximum Gasteiger partial charge on any atom is 0.323 e. The van der Waals surface area contributed by atoms with Crippen molar-refractivity contribution in [3.8, 4) is 0 Å². The highest BCUT2D eigenvalue weighted by Gasteiger charge is 2.15. The molecule has 0 aromatic heterocycles. The molecule has 1 heterocycles. The minimum absolute atomic E-state index is 0.236. The fraction of sp³-hybridized carbons (Fsp3) is 0.278. The lowest BCUT2D eigenvalue weighted by atomic mass is 10.2. The molecule has 2 amide bonds. The first-order valence-electron chi connectivity index (χ1n) is 7.79. The predicted octanol–water partition coefficient (Wildman–Crippen LogP) is 3.48. The molecule has 1 aliphatic rings. The van der Waals surface area contributed by atoms with Crippen LogP contribution in [0.5, 0.6) is 0 Å². The van der Waals surface area contributed by atoms with Gasteiger partial charge in [-0.15, -0.1) is 0 Å². The van der Waals surface area contributed by atoms with Crippen LogP contribution >= 0.6 is 0 Å². The number of rotatable bonds is 3. The zero-order valence-electron chi connectivity index (χ0n) is 13.2. The summed E-state index contributed by atoms with van der Waals surface area (Å²) < 4.78 is 5.39. The summed E-state index contributed by atoms with van der Waals surface area (Å²) in [7, 11) is 0. The lowest BCUT2D eigenvalue weighted by Crippen LogP contribution is -2.37. The summed E-state index contributed by atoms with van der Waals surface area (Å²) in [6.45, 7) is 5.06. The summed E-state index contributed by atoms with van der Waals surface area (Å²) in [4.78, 5) is 14.5. The highest BCUT2D eigenvalue weighted by Crippen LogP contribution is 2.26. The fourth-order valence-corrected chi connectivity index (χ4v) is 2.65. The summed E-state index contributed by atoms with van der Waals surface area (Å²) >= 11 is 0. The van der Waals surface area contributed by atoms with Gasteiger partial charge in [-0.1, -0.05) is 30.3 Å². The van der Waals surface area contributed by atoms with Gasteiger partial charge in [-0.05, 0) is 30.7 Å². The van der Waals surface area contributed by atoms with Gasteiger partial charge >= 0.3 is 6.03 Å². The first kappa shape index (κ1) is 15.4. The van der Waals surface area contributed by atoms with Crippen LogP contribution < -0.4 is 15.5 Å². The number of ether oxygens (including phenoxy) is 1. The smallest absolute Gasteiger partial charge is 0.323 e. The van der Waals surface area contributed by atoms with E-state index in [0.717, 1.165) is 35.7 Å². The van der Waals surface area contributed by atoms with E-state index in [4.69, 9.17) is 4.74 Å². The van der Waals surface area contributed by atoms with Crippen LogP contribution in [-0.4, -0.2) is 32.3 Å². The quantitative estimate of drug-likeness (QED) is 0.912. The van der Waals surface area contributed by atoms with E-state index in [9.17, 15) is 4.79 Å². The van der Waals surface area contributed by atoms with Crippen molar-refractivity contribution < 1.29 is 9.53 Å². The van der Waals surface area contributed by atoms with E-state index in [2.05, 4.69) is 15.5 Å². The van der Waals surface area contributed by atoms with Crippen LogP contribution in [0, 0.1) is 6.92 Å². The summed E-state index contributed by atoms with van der Waals surface area (Å²) in [5.74, 6) is 0. The highest BCUT2D eigenvalue weighted by atomic mass is 16.5. The fourth-order valence-electron chi connectivity index (χ4n) is 2.65. The SMILES string of the molecule is Cc1ccccc1NC(=O)Nc1ccccc1N1CCOCC1. The van der Waals surface area contributed by atoms with E-state index in [1.165, 1.54) is 0 Å². The Morgan fingerprint density at radius 3 is 2.30 bits per heavy atom. The minimum atomic E-state index is -0.236. The summed E-state index contributed by atoms with van der Waals surface area (Å²) in [6.07, 6.45) is 0. The largest absolute Gasteiger partial charge is 0.378 e. The molecule has 0 aliphatic carbocycles. The Bertz CT molecular complexity index is 681. The van der Waals surface area contributed by atoms with Crippen LogP contribution in [-0.2, 0) is 4.74 Å². The molecule has 0 unspecified atom stereocenters. The predicted molar refractivity (Wildman–Crippen MR) is 93.3 cm³/mol. The van der Waals surface area contributed by atoms with Crippen molar-refractivity contribution in [3.63, 3.8) is 0 Å². The number of morpholine rings is 1. The van der Waals surface area contributed by atoms with Crippen LogP contribution in [0.25, 0.3) is 0 Å². The number of hydrogen-bond donors (Lipinski definition) is 2. The standard InChI is InChI=1S/C18H21N3O2/c1-14-6-2-3-7-15(14)19-18(22)20-16-8-4-5-9-17(16)21-10-12-23-13-11-21/h2-9H,10-13H2,1H3,(H2,19,20,22). The molecule has 23 heavy (non-hydrogen) atoms. The molecule has 3 rings (SSSR count). The monoisotopic (exact) mass is 311 g/mol. The number of nitrogens with zero attached hydrogens (tertiary/aromatic N) is 1. The molecular formula is C18H21N3O2. The van der Waals surface area contributed by atoms with Crippen molar-refractivity contribution in [1.29, 1.82) is 0 Å². The number of anilines is 3. The van der Waals surface area contributed by atoms with Gasteiger partial charge in [-0.25, -0.2) is 4.79 Å². The van der Waals surface area contributed by atoms with Gasteiger partial charge in [0.15, 0.2) is 0 Å². The second-order valence-corrected chi connectivity index (χ2v) is 5.51. The van der Waals surface area contributed by atoms with Gasteiger partial charge in [0.2, 0.25) is 0 Å². The highest BCUT2D eigenvalue weighted by molar-refractivity contribution is 6.02. The third kappa shape index (κ3) is 3.81. The summed E-state index contributed by atoms with van der Waals surface area (Å²) in [6, 6.07) is 15.3. The van der Waals surface area contributed by atoms with Crippen LogP contribution in [0.4, 0.5) is 21.9 Å². The molecule has 0 radical (unpaired) electrons. The molecule has 0 spiro atoms. The molecule has 1 saturated heterocycles. The van der Waals surface area contributed by atoms with Gasteiger partial charge in [0.1, 0.15) is 0 Å². The Kier molecular flexibility index (Phi) is 4.78. The molecule has 0 bridgehead atoms. The minimum Gasteiger partial charge on any atom is -0.378 e. The average Bonchev–Trinajstić information content (AvgIpc) is 2.58. The van der Waals surface area contributed by atoms with E-state index >= 15 is 0 Å². The van der Waals surface area contributed by atoms with E-state index in [1.807, 2.05) is 55.5 Å². The molecule has 0 saturated carbocycles. The van der Waals surface area contributed by atoms with E-state index in [-0.39, 0.29) is 6.03 Å². The van der Waals surface area contributed by atoms with Crippen LogP contribution in [0.2, 0.25) is 0 Å². The van der Waals surface area contributed by atoms with E-state index in [0.29, 0.717) is 13.2 Å². The number of carbonyl (C=O) groups excluding carboxylic acids is 1. The number of para-hydroxylation sites is 3. The lowest BCUT2D eigenvalue weighted by molar-refractivity contribution is 0.123. The Morgan fingerprint density at radius 2 is 1.57 bits per heavy atom. The van der Waals surface area contributed by atoms with Crippen molar-refractivity contribution in [1.82, 2.24) is 0 Å². The topological polar surface area (TPSA) is 53.6 Å². The number of hydrogen-bond acceptors (Lipinski definition) is 3. The normalized spacial score (nSPS) is 14.4. The molecule has 5 heteroatoms. The summed E-state index contributed by atoms with van der Waals surface area (Å²) in [5, 5.41) is 5.85. The number of carbonyl (C=O) groups is 1. The average molecular weight is 311 g/mol. The Labute approximate surface area is 136 Å². The molecule has 2 N–H and O–H groups in total. The number of nitrogens with one attached hydrogen (secondary N) is 2. The third-order valence-corrected chi connectivity index (χ3v) is 3.90. The lowest BCUT2D eigenvalue weighted by Gasteiger charge is -2.30. The van der Waals surface area contributed by atoms with Crippen LogP contribution in [0.15, 0.2) is 48.5 Å². The van der Waals surface area contributed by atoms with Crippen LogP contribution in [0.1, 0.15) is 5.56 Å². The van der Waals surface area contributed by atoms with Gasteiger partial charge in [0.25, 0.3) is 0 Å². The molecule has 120 valence electrons. The molecule has 5 nitrogen and oxygen atoms in total. The summed E-state index contributed by atoms with van der Waals surface area (Å²) in [5.41, 5.74) is 3.68. The van der Waals surface area contributed by atoms with Gasteiger partial charge in [0, 0.05) is 18.8 Å². The zero-order chi connectivity index (χ0) is 16.1. The van der Waals surface area contributed by atoms with Crippen molar-refractivity contribution >= 4 is 23.1 Å². The Morgan fingerprint density at radius 1 is 0.957 bits per heavy atom. The Hall–Kier alpha value is -2.53. The first-order chi connectivity index (χ1) is 11.2. The van der Waals surface area contributed by atoms with Gasteiger partial charge in [-0.2, -0.15) is 0 Å². The van der Waals surface area contributed by atoms with E-state index < -0.39 is 0 Å². The Balaban J connectivity index is 1.72. The van der Waals surface area contributed by atoms with Gasteiger partial charge < -0.3 is 20.3 Å². The number of amides is 2. The number of aryl methyl sites for hydroxylation is 1. The van der Waals surface area contributed by atoms with E-state index in [1.54, 1.807) is 0 Å². The zero-order valence-corrected chi connectivity index (χ0v) is 13.2. The molecule has 2 aromatic rings. The van der Waals surface area contributed by atoms with Crippen molar-refractivity contribution in [2.75, 3.05) is 41.8 Å². The van der Waals surface area contributed by atoms with Crippen LogP contribution in [0.3, 0.4) is 0 Å². The van der Waals surface area contributed by atoms with Gasteiger partial charge in [0.05, 0.1) is 24.6 Å². The first-order valence-corrected chi connectivity index (χ1v) is 7.79. The van der Waals surface area contributed by atoms with Crippen molar-refractivity contribution in [2.45, 2.75) is 6.92 Å². The molecule has 1 aliphatic heterocycles. The number of urea groups is 1.